The highest BCUT2D eigenvalue weighted by Crippen LogP contribution is 2.40. The van der Waals surface area contributed by atoms with Crippen LogP contribution in [0.2, 0.25) is 0 Å². The Labute approximate surface area is 356 Å². The molecule has 1 aliphatic carbocycles. The largest absolute Gasteiger partial charge is 0.507 e. The molecular formula is C56H34N2O4. The second-order valence-corrected chi connectivity index (χ2v) is 15.6. The molecule has 0 aliphatic heterocycles. The van der Waals surface area contributed by atoms with Gasteiger partial charge in [0.2, 0.25) is 0 Å². The van der Waals surface area contributed by atoms with Crippen LogP contribution in [0.25, 0.3) is 65.3 Å². The van der Waals surface area contributed by atoms with Crippen molar-refractivity contribution >= 4 is 78.5 Å². The van der Waals surface area contributed by atoms with Gasteiger partial charge in [-0.15, -0.1) is 0 Å². The molecule has 10 aromatic carbocycles. The van der Waals surface area contributed by atoms with Gasteiger partial charge in [-0.05, 0) is 138 Å². The van der Waals surface area contributed by atoms with E-state index in [1.807, 2.05) is 158 Å². The zero-order valence-corrected chi connectivity index (χ0v) is 33.1. The van der Waals surface area contributed by atoms with E-state index in [0.717, 1.165) is 65.3 Å². The van der Waals surface area contributed by atoms with Crippen LogP contribution in [0, 0.1) is 0 Å². The van der Waals surface area contributed by atoms with Gasteiger partial charge < -0.3 is 10.2 Å². The fourth-order valence-corrected chi connectivity index (χ4v) is 8.68. The highest BCUT2D eigenvalue weighted by atomic mass is 16.3. The lowest BCUT2D eigenvalue weighted by Gasteiger charge is -2.20. The lowest BCUT2D eigenvalue weighted by atomic mass is 9.81. The summed E-state index contributed by atoms with van der Waals surface area (Å²) in [6.45, 7) is 0. The van der Waals surface area contributed by atoms with E-state index in [2.05, 4.69) is 12.1 Å². The SMILES string of the molecule is O=C1c2cc3ccccc3cc2C(=O)c2cc3cc(-c4ccc(N=Cc5c(O)ccc6ccccc56)cc4)c(-c4ccc(N=Cc5c(O)ccc6ccccc56)cc4)cc3cc21. The second kappa shape index (κ2) is 14.7. The van der Waals surface area contributed by atoms with Crippen molar-refractivity contribution in [2.75, 3.05) is 0 Å². The zero-order chi connectivity index (χ0) is 41.9. The number of benzene rings is 10. The lowest BCUT2D eigenvalue weighted by Crippen LogP contribution is -2.21. The number of phenols is 2. The van der Waals surface area contributed by atoms with Crippen LogP contribution in [0.15, 0.2) is 192 Å². The lowest BCUT2D eigenvalue weighted by molar-refractivity contribution is 0.0979. The highest BCUT2D eigenvalue weighted by Gasteiger charge is 2.31. The summed E-state index contributed by atoms with van der Waals surface area (Å²) in [5.74, 6) is -0.0134. The molecule has 0 fully saturated rings. The van der Waals surface area contributed by atoms with Crippen LogP contribution in [0.4, 0.5) is 11.4 Å². The van der Waals surface area contributed by atoms with Gasteiger partial charge in [0.15, 0.2) is 11.6 Å². The van der Waals surface area contributed by atoms with E-state index >= 15 is 0 Å². The topological polar surface area (TPSA) is 99.3 Å². The van der Waals surface area contributed by atoms with Gasteiger partial charge in [-0.1, -0.05) is 109 Å². The number of carbonyl (C=O) groups is 2. The molecule has 0 saturated carbocycles. The average molecular weight is 799 g/mol. The molecule has 0 heterocycles. The number of hydrogen-bond donors (Lipinski definition) is 2. The zero-order valence-electron chi connectivity index (χ0n) is 33.1. The summed E-state index contributed by atoms with van der Waals surface area (Å²) < 4.78 is 0. The molecule has 2 N–H and O–H groups in total. The predicted molar refractivity (Wildman–Crippen MR) is 251 cm³/mol. The van der Waals surface area contributed by atoms with Gasteiger partial charge >= 0.3 is 0 Å². The molecule has 292 valence electrons. The summed E-state index contributed by atoms with van der Waals surface area (Å²) in [6, 6.07) is 58.1. The summed E-state index contributed by atoms with van der Waals surface area (Å²) in [7, 11) is 0. The molecule has 1 aliphatic rings. The van der Waals surface area contributed by atoms with E-state index in [9.17, 15) is 19.8 Å². The third kappa shape index (κ3) is 6.30. The van der Waals surface area contributed by atoms with E-state index in [1.165, 1.54) is 0 Å². The summed E-state index contributed by atoms with van der Waals surface area (Å²) in [5, 5.41) is 28.7. The number of aliphatic imine (C=N–C) groups is 2. The number of rotatable bonds is 6. The van der Waals surface area contributed by atoms with Gasteiger partial charge in [-0.2, -0.15) is 0 Å². The summed E-state index contributed by atoms with van der Waals surface area (Å²) in [5.41, 5.74) is 8.08. The van der Waals surface area contributed by atoms with Crippen LogP contribution >= 0.6 is 0 Å². The quantitative estimate of drug-likeness (QED) is 0.164. The fourth-order valence-electron chi connectivity index (χ4n) is 8.68. The van der Waals surface area contributed by atoms with Gasteiger partial charge in [-0.3, -0.25) is 19.6 Å². The predicted octanol–water partition coefficient (Wildman–Crippen LogP) is 13.3. The van der Waals surface area contributed by atoms with Crippen LogP contribution in [-0.4, -0.2) is 34.2 Å². The van der Waals surface area contributed by atoms with E-state index < -0.39 is 0 Å². The maximum Gasteiger partial charge on any atom is 0.194 e. The Kier molecular flexibility index (Phi) is 8.65. The molecule has 0 bridgehead atoms. The Hall–Kier alpha value is -8.48. The van der Waals surface area contributed by atoms with Crippen LogP contribution in [0.5, 0.6) is 11.5 Å². The molecule has 0 aromatic heterocycles. The number of hydrogen-bond acceptors (Lipinski definition) is 6. The van der Waals surface area contributed by atoms with Gasteiger partial charge in [0.1, 0.15) is 11.5 Å². The first-order chi connectivity index (χ1) is 30.4. The number of nitrogens with zero attached hydrogens (tertiary/aromatic N) is 2. The third-order valence-electron chi connectivity index (χ3n) is 11.9. The maximum absolute atomic E-state index is 14.1. The Morgan fingerprint density at radius 3 is 1.08 bits per heavy atom. The van der Waals surface area contributed by atoms with Gasteiger partial charge in [0.05, 0.1) is 11.4 Å². The Balaban J connectivity index is 1.00. The Morgan fingerprint density at radius 2 is 0.677 bits per heavy atom. The molecule has 62 heavy (non-hydrogen) atoms. The van der Waals surface area contributed by atoms with Crippen molar-refractivity contribution in [2.45, 2.75) is 0 Å². The Bertz CT molecular complexity index is 3330. The second-order valence-electron chi connectivity index (χ2n) is 15.6. The minimum atomic E-state index is -0.166. The molecule has 0 saturated heterocycles. The first-order valence-electron chi connectivity index (χ1n) is 20.3. The van der Waals surface area contributed by atoms with Crippen LogP contribution < -0.4 is 0 Å². The van der Waals surface area contributed by atoms with Crippen LogP contribution in [0.3, 0.4) is 0 Å². The van der Waals surface area contributed by atoms with Crippen molar-refractivity contribution in [2.24, 2.45) is 9.98 Å². The molecule has 6 heteroatoms. The van der Waals surface area contributed by atoms with E-state index in [1.54, 1.807) is 24.6 Å². The van der Waals surface area contributed by atoms with Crippen molar-refractivity contribution in [3.05, 3.63) is 215 Å². The number of fused-ring (bicyclic) bond motifs is 6. The minimum absolute atomic E-state index is 0.160. The monoisotopic (exact) mass is 798 g/mol. The summed E-state index contributed by atoms with van der Waals surface area (Å²) in [4.78, 5) is 37.7. The van der Waals surface area contributed by atoms with Crippen molar-refractivity contribution in [1.82, 2.24) is 0 Å². The minimum Gasteiger partial charge on any atom is -0.507 e. The van der Waals surface area contributed by atoms with Crippen LogP contribution in [-0.2, 0) is 0 Å². The third-order valence-corrected chi connectivity index (χ3v) is 11.9. The maximum atomic E-state index is 14.1. The molecule has 6 nitrogen and oxygen atoms in total. The summed E-state index contributed by atoms with van der Waals surface area (Å²) in [6.07, 6.45) is 3.39. The summed E-state index contributed by atoms with van der Waals surface area (Å²) >= 11 is 0. The van der Waals surface area contributed by atoms with Gasteiger partial charge in [0.25, 0.3) is 0 Å². The molecule has 0 atom stereocenters. The molecule has 0 amide bonds. The van der Waals surface area contributed by atoms with Gasteiger partial charge in [-0.25, -0.2) is 0 Å². The first-order valence-corrected chi connectivity index (χ1v) is 20.3. The fraction of sp³-hybridized carbons (Fsp3) is 0. The van der Waals surface area contributed by atoms with Gasteiger partial charge in [0, 0.05) is 45.8 Å². The van der Waals surface area contributed by atoms with E-state index in [0.29, 0.717) is 44.8 Å². The van der Waals surface area contributed by atoms with Crippen molar-refractivity contribution in [1.29, 1.82) is 0 Å². The molecule has 11 rings (SSSR count). The number of aromatic hydroxyl groups is 2. The average Bonchev–Trinajstić information content (AvgIpc) is 3.31. The number of carbonyl (C=O) groups excluding carboxylic acids is 2. The van der Waals surface area contributed by atoms with E-state index in [4.69, 9.17) is 9.98 Å². The molecular weight excluding hydrogens is 765 g/mol. The molecule has 0 unspecified atom stereocenters. The first kappa shape index (κ1) is 36.6. The molecule has 0 spiro atoms. The molecule has 0 radical (unpaired) electrons. The number of ketones is 2. The normalized spacial score (nSPS) is 12.6. The standard InChI is InChI=1S/C56H34N2O4/c59-53-23-17-33-7-3-5-11-43(33)51(53)31-57-41-19-13-35(14-20-41)45-27-39-29-49-50(56(62)48-26-38-10-2-1-9-37(38)25-47(48)55(49)61)30-40(39)28-46(45)36-15-21-42(22-16-36)58-32-52-44-12-6-4-8-34(44)18-24-54(52)60/h1-32,59-60H. The van der Waals surface area contributed by atoms with Crippen molar-refractivity contribution in [3.63, 3.8) is 0 Å². The Morgan fingerprint density at radius 1 is 0.339 bits per heavy atom. The van der Waals surface area contributed by atoms with Crippen LogP contribution in [0.1, 0.15) is 43.0 Å². The van der Waals surface area contributed by atoms with Crippen molar-refractivity contribution < 1.29 is 19.8 Å². The van der Waals surface area contributed by atoms with E-state index in [-0.39, 0.29) is 23.1 Å². The highest BCUT2D eigenvalue weighted by molar-refractivity contribution is 6.30. The molecule has 10 aromatic rings. The number of phenolic OH excluding ortho intramolecular Hbond substituents is 2. The smallest absolute Gasteiger partial charge is 0.194 e. The van der Waals surface area contributed by atoms with Crippen molar-refractivity contribution in [3.8, 4) is 33.8 Å².